The molecule has 25 heavy (non-hydrogen) atoms. The van der Waals surface area contributed by atoms with Gasteiger partial charge in [0.25, 0.3) is 0 Å². The van der Waals surface area contributed by atoms with Gasteiger partial charge in [-0.15, -0.1) is 11.3 Å². The SMILES string of the molecule is CCOc1ccc(/C(C)=N\NC(=O)C2CC2)cc1Cn1ccsc1=N. The topological polar surface area (TPSA) is 79.5 Å². The van der Waals surface area contributed by atoms with Crippen LogP contribution in [0.5, 0.6) is 5.75 Å². The summed E-state index contributed by atoms with van der Waals surface area (Å²) < 4.78 is 7.59. The van der Waals surface area contributed by atoms with Crippen molar-refractivity contribution in [3.05, 3.63) is 45.7 Å². The summed E-state index contributed by atoms with van der Waals surface area (Å²) in [6.45, 7) is 4.97. The Labute approximate surface area is 150 Å². The number of amides is 1. The molecular formula is C18H22N4O2S. The first-order valence-corrected chi connectivity index (χ1v) is 9.25. The van der Waals surface area contributed by atoms with Gasteiger partial charge in [-0.3, -0.25) is 10.2 Å². The smallest absolute Gasteiger partial charge is 0.243 e. The molecule has 1 aliphatic rings. The van der Waals surface area contributed by atoms with E-state index in [1.54, 1.807) is 0 Å². The Morgan fingerprint density at radius 3 is 2.92 bits per heavy atom. The van der Waals surface area contributed by atoms with Crippen molar-refractivity contribution in [1.82, 2.24) is 9.99 Å². The van der Waals surface area contributed by atoms with Crippen LogP contribution in [0.4, 0.5) is 0 Å². The van der Waals surface area contributed by atoms with E-state index in [1.807, 2.05) is 48.2 Å². The van der Waals surface area contributed by atoms with Crippen molar-refractivity contribution < 1.29 is 9.53 Å². The van der Waals surface area contributed by atoms with Crippen molar-refractivity contribution >= 4 is 23.0 Å². The average molecular weight is 358 g/mol. The average Bonchev–Trinajstić information content (AvgIpc) is 3.38. The fourth-order valence-electron chi connectivity index (χ4n) is 2.48. The maximum Gasteiger partial charge on any atom is 0.243 e. The maximum absolute atomic E-state index is 11.7. The largest absolute Gasteiger partial charge is 0.494 e. The number of aromatic nitrogens is 1. The molecule has 2 aromatic rings. The predicted octanol–water partition coefficient (Wildman–Crippen LogP) is 2.73. The lowest BCUT2D eigenvalue weighted by Crippen LogP contribution is -2.20. The molecule has 0 saturated heterocycles. The molecule has 0 radical (unpaired) electrons. The van der Waals surface area contributed by atoms with Gasteiger partial charge in [-0.05, 0) is 50.5 Å². The number of rotatable bonds is 7. The van der Waals surface area contributed by atoms with Gasteiger partial charge in [0.1, 0.15) is 5.75 Å². The molecular weight excluding hydrogens is 336 g/mol. The number of nitrogens with zero attached hydrogens (tertiary/aromatic N) is 2. The van der Waals surface area contributed by atoms with Gasteiger partial charge in [0.2, 0.25) is 5.91 Å². The van der Waals surface area contributed by atoms with Crippen molar-refractivity contribution in [1.29, 1.82) is 5.41 Å². The van der Waals surface area contributed by atoms with E-state index in [0.717, 1.165) is 35.4 Å². The molecule has 0 unspecified atom stereocenters. The lowest BCUT2D eigenvalue weighted by atomic mass is 10.1. The molecule has 7 heteroatoms. The van der Waals surface area contributed by atoms with Gasteiger partial charge in [-0.2, -0.15) is 5.10 Å². The highest BCUT2D eigenvalue weighted by molar-refractivity contribution is 7.06. The highest BCUT2D eigenvalue weighted by Crippen LogP contribution is 2.28. The van der Waals surface area contributed by atoms with E-state index >= 15 is 0 Å². The Kier molecular flexibility index (Phi) is 5.33. The molecule has 1 aromatic heterocycles. The number of hydrogen-bond donors (Lipinski definition) is 2. The molecule has 1 fully saturated rings. The molecule has 1 saturated carbocycles. The second kappa shape index (κ2) is 7.65. The quantitative estimate of drug-likeness (QED) is 0.589. The highest BCUT2D eigenvalue weighted by atomic mass is 32.1. The van der Waals surface area contributed by atoms with E-state index in [2.05, 4.69) is 10.5 Å². The van der Waals surface area contributed by atoms with Gasteiger partial charge in [0.15, 0.2) is 4.80 Å². The van der Waals surface area contributed by atoms with Crippen LogP contribution in [0.1, 0.15) is 37.8 Å². The van der Waals surface area contributed by atoms with Gasteiger partial charge in [-0.25, -0.2) is 5.43 Å². The summed E-state index contributed by atoms with van der Waals surface area (Å²) in [6, 6.07) is 5.88. The Hall–Kier alpha value is -2.41. The minimum atomic E-state index is -0.00168. The monoisotopic (exact) mass is 358 g/mol. The number of hydrazone groups is 1. The van der Waals surface area contributed by atoms with Crippen molar-refractivity contribution in [3.63, 3.8) is 0 Å². The van der Waals surface area contributed by atoms with Crippen LogP contribution in [0.15, 0.2) is 34.9 Å². The van der Waals surface area contributed by atoms with E-state index < -0.39 is 0 Å². The van der Waals surface area contributed by atoms with Crippen LogP contribution in [-0.2, 0) is 11.3 Å². The first-order valence-electron chi connectivity index (χ1n) is 8.37. The van der Waals surface area contributed by atoms with Gasteiger partial charge in [0.05, 0.1) is 18.9 Å². The van der Waals surface area contributed by atoms with Crippen LogP contribution in [-0.4, -0.2) is 22.8 Å². The Morgan fingerprint density at radius 2 is 2.28 bits per heavy atom. The molecule has 1 aromatic carbocycles. The first-order chi connectivity index (χ1) is 12.1. The molecule has 0 bridgehead atoms. The van der Waals surface area contributed by atoms with Crippen molar-refractivity contribution in [2.75, 3.05) is 6.61 Å². The lowest BCUT2D eigenvalue weighted by Gasteiger charge is -2.13. The Bertz CT molecular complexity index is 849. The Morgan fingerprint density at radius 1 is 1.48 bits per heavy atom. The number of benzene rings is 1. The summed E-state index contributed by atoms with van der Waals surface area (Å²) in [7, 11) is 0. The minimum absolute atomic E-state index is 0.00168. The third-order valence-corrected chi connectivity index (χ3v) is 4.80. The Balaban J connectivity index is 1.83. The van der Waals surface area contributed by atoms with E-state index in [9.17, 15) is 4.79 Å². The third-order valence-electron chi connectivity index (χ3n) is 4.08. The summed E-state index contributed by atoms with van der Waals surface area (Å²) in [6.07, 6.45) is 3.81. The van der Waals surface area contributed by atoms with Crippen LogP contribution in [0.3, 0.4) is 0 Å². The normalized spacial score (nSPS) is 14.4. The molecule has 3 rings (SSSR count). The van der Waals surface area contributed by atoms with Gasteiger partial charge in [0, 0.05) is 23.1 Å². The van der Waals surface area contributed by atoms with Crippen LogP contribution >= 0.6 is 11.3 Å². The number of nitrogens with one attached hydrogen (secondary N) is 2. The molecule has 0 spiro atoms. The number of hydrogen-bond acceptors (Lipinski definition) is 5. The third kappa shape index (κ3) is 4.36. The number of carbonyl (C=O) groups is 1. The zero-order valence-electron chi connectivity index (χ0n) is 14.4. The van der Waals surface area contributed by atoms with Crippen LogP contribution in [0, 0.1) is 11.3 Å². The molecule has 1 heterocycles. The standard InChI is InChI=1S/C18H22N4O2S/c1-3-24-16-7-6-14(12(2)20-21-17(23)13-4-5-13)10-15(16)11-22-8-9-25-18(22)19/h6-10,13,19H,3-5,11H2,1-2H3,(H,21,23)/b19-18?,20-12-. The number of ether oxygens (including phenoxy) is 1. The zero-order valence-corrected chi connectivity index (χ0v) is 15.2. The van der Waals surface area contributed by atoms with Gasteiger partial charge < -0.3 is 9.30 Å². The fourth-order valence-corrected chi connectivity index (χ4v) is 3.07. The van der Waals surface area contributed by atoms with Crippen LogP contribution in [0.25, 0.3) is 0 Å². The fraction of sp³-hybridized carbons (Fsp3) is 0.389. The number of thiazole rings is 1. The predicted molar refractivity (Wildman–Crippen MR) is 98.0 cm³/mol. The molecule has 1 amide bonds. The van der Waals surface area contributed by atoms with Gasteiger partial charge in [-0.1, -0.05) is 0 Å². The summed E-state index contributed by atoms with van der Waals surface area (Å²) in [5, 5.41) is 14.1. The van der Waals surface area contributed by atoms with E-state index in [0.29, 0.717) is 18.0 Å². The summed E-state index contributed by atoms with van der Waals surface area (Å²) >= 11 is 1.39. The molecule has 1 aliphatic carbocycles. The first kappa shape index (κ1) is 17.4. The summed E-state index contributed by atoms with van der Waals surface area (Å²) in [4.78, 5) is 12.2. The van der Waals surface area contributed by atoms with Gasteiger partial charge >= 0.3 is 0 Å². The molecule has 0 aliphatic heterocycles. The molecule has 2 N–H and O–H groups in total. The summed E-state index contributed by atoms with van der Waals surface area (Å²) in [5.41, 5.74) is 5.30. The van der Waals surface area contributed by atoms with E-state index in [4.69, 9.17) is 10.1 Å². The maximum atomic E-state index is 11.7. The minimum Gasteiger partial charge on any atom is -0.494 e. The van der Waals surface area contributed by atoms with Crippen molar-refractivity contribution in [2.45, 2.75) is 33.2 Å². The van der Waals surface area contributed by atoms with E-state index in [1.165, 1.54) is 11.3 Å². The van der Waals surface area contributed by atoms with Crippen molar-refractivity contribution in [2.24, 2.45) is 11.0 Å². The van der Waals surface area contributed by atoms with Crippen molar-refractivity contribution in [3.8, 4) is 5.75 Å². The molecule has 6 nitrogen and oxygen atoms in total. The summed E-state index contributed by atoms with van der Waals surface area (Å²) in [5.74, 6) is 0.940. The highest BCUT2D eigenvalue weighted by Gasteiger charge is 2.29. The van der Waals surface area contributed by atoms with Crippen LogP contribution < -0.4 is 15.0 Å². The zero-order chi connectivity index (χ0) is 17.8. The van der Waals surface area contributed by atoms with Crippen LogP contribution in [0.2, 0.25) is 0 Å². The lowest BCUT2D eigenvalue weighted by molar-refractivity contribution is -0.122. The molecule has 132 valence electrons. The van der Waals surface area contributed by atoms with E-state index in [-0.39, 0.29) is 11.8 Å². The number of carbonyl (C=O) groups excluding carboxylic acids is 1. The second-order valence-corrected chi connectivity index (χ2v) is 6.93. The second-order valence-electron chi connectivity index (χ2n) is 6.04. The molecule has 0 atom stereocenters.